The fraction of sp³-hybridized carbons (Fsp3) is 0.533. The lowest BCUT2D eigenvalue weighted by atomic mass is 9.82. The van der Waals surface area contributed by atoms with E-state index in [-0.39, 0.29) is 13.1 Å². The summed E-state index contributed by atoms with van der Waals surface area (Å²) in [5, 5.41) is 2.36. The number of ether oxygens (including phenoxy) is 1. The lowest BCUT2D eigenvalue weighted by molar-refractivity contribution is 0.0516. The largest absolute Gasteiger partial charge is 0.444 e. The summed E-state index contributed by atoms with van der Waals surface area (Å²) >= 11 is 0. The average molecular weight is 336 g/mol. The first-order valence-electron chi connectivity index (χ1n) is 6.91. The normalized spacial score (nSPS) is 14.3. The van der Waals surface area contributed by atoms with Gasteiger partial charge in [0, 0.05) is 24.1 Å². The molecule has 0 aliphatic heterocycles. The van der Waals surface area contributed by atoms with Gasteiger partial charge in [-0.25, -0.2) is 22.4 Å². The number of halogens is 4. The van der Waals surface area contributed by atoms with Gasteiger partial charge < -0.3 is 15.8 Å². The first-order chi connectivity index (χ1) is 10.4. The minimum atomic E-state index is -1.92. The molecule has 4 nitrogen and oxygen atoms in total. The van der Waals surface area contributed by atoms with Crippen LogP contribution in [0, 0.1) is 23.3 Å². The molecule has 1 unspecified atom stereocenters. The van der Waals surface area contributed by atoms with E-state index in [1.165, 1.54) is 6.92 Å². The van der Waals surface area contributed by atoms with E-state index in [2.05, 4.69) is 5.32 Å². The topological polar surface area (TPSA) is 64.3 Å². The summed E-state index contributed by atoms with van der Waals surface area (Å²) in [7, 11) is 0. The van der Waals surface area contributed by atoms with Crippen molar-refractivity contribution in [1.82, 2.24) is 5.32 Å². The van der Waals surface area contributed by atoms with E-state index in [1.54, 1.807) is 20.8 Å². The van der Waals surface area contributed by atoms with Gasteiger partial charge in [-0.05, 0) is 26.8 Å². The van der Waals surface area contributed by atoms with E-state index in [4.69, 9.17) is 10.5 Å². The SMILES string of the molecule is CC(C)(C)OC(=O)NCC(C)(CN)c1cc(F)c(F)c(F)c1F. The van der Waals surface area contributed by atoms with Crippen molar-refractivity contribution in [2.24, 2.45) is 5.73 Å². The summed E-state index contributed by atoms with van der Waals surface area (Å²) in [6.07, 6.45) is -0.791. The van der Waals surface area contributed by atoms with Crippen molar-refractivity contribution in [1.29, 1.82) is 0 Å². The Labute approximate surface area is 132 Å². The maximum atomic E-state index is 13.9. The summed E-state index contributed by atoms with van der Waals surface area (Å²) in [5.74, 6) is -6.89. The number of benzene rings is 1. The Hall–Kier alpha value is -1.83. The van der Waals surface area contributed by atoms with Gasteiger partial charge in [0.25, 0.3) is 0 Å². The molecule has 0 aromatic heterocycles. The number of alkyl carbamates (subject to hydrolysis) is 1. The Morgan fingerprint density at radius 1 is 1.13 bits per heavy atom. The number of nitrogens with two attached hydrogens (primary N) is 1. The molecule has 130 valence electrons. The van der Waals surface area contributed by atoms with E-state index in [9.17, 15) is 22.4 Å². The van der Waals surface area contributed by atoms with Crippen molar-refractivity contribution in [3.05, 3.63) is 34.9 Å². The summed E-state index contributed by atoms with van der Waals surface area (Å²) in [5.41, 5.74) is 3.00. The number of nitrogens with one attached hydrogen (secondary N) is 1. The van der Waals surface area contributed by atoms with E-state index in [1.807, 2.05) is 0 Å². The van der Waals surface area contributed by atoms with Crippen LogP contribution in [0.4, 0.5) is 22.4 Å². The standard InChI is InChI=1S/C15H20F4N2O2/c1-14(2,3)23-13(22)21-7-15(4,6-20)8-5-9(16)11(18)12(19)10(8)17/h5H,6-7,20H2,1-4H3,(H,21,22). The number of carbonyl (C=O) groups is 1. The molecule has 0 fully saturated rings. The highest BCUT2D eigenvalue weighted by atomic mass is 19.2. The molecule has 0 bridgehead atoms. The number of hydrogen-bond acceptors (Lipinski definition) is 3. The fourth-order valence-corrected chi connectivity index (χ4v) is 1.87. The second-order valence-corrected chi connectivity index (χ2v) is 6.47. The van der Waals surface area contributed by atoms with Crippen LogP contribution in [0.3, 0.4) is 0 Å². The van der Waals surface area contributed by atoms with Crippen LogP contribution < -0.4 is 11.1 Å². The summed E-state index contributed by atoms with van der Waals surface area (Å²) in [4.78, 5) is 11.6. The predicted molar refractivity (Wildman–Crippen MR) is 76.9 cm³/mol. The smallest absolute Gasteiger partial charge is 0.407 e. The summed E-state index contributed by atoms with van der Waals surface area (Å²) in [6, 6.07) is 0.539. The molecule has 1 atom stereocenters. The molecular formula is C15H20F4N2O2. The van der Waals surface area contributed by atoms with Crippen LogP contribution in [-0.2, 0) is 10.2 Å². The van der Waals surface area contributed by atoms with Crippen molar-refractivity contribution >= 4 is 6.09 Å². The van der Waals surface area contributed by atoms with Crippen molar-refractivity contribution in [3.8, 4) is 0 Å². The quantitative estimate of drug-likeness (QED) is 0.505. The fourth-order valence-electron chi connectivity index (χ4n) is 1.87. The predicted octanol–water partition coefficient (Wildman–Crippen LogP) is 2.98. The Balaban J connectivity index is 3.05. The first kappa shape index (κ1) is 19.2. The molecular weight excluding hydrogens is 316 g/mol. The maximum absolute atomic E-state index is 13.9. The number of rotatable bonds is 4. The molecule has 1 rings (SSSR count). The number of amides is 1. The molecule has 1 aromatic rings. The molecule has 23 heavy (non-hydrogen) atoms. The molecule has 0 spiro atoms. The van der Waals surface area contributed by atoms with Crippen molar-refractivity contribution in [2.75, 3.05) is 13.1 Å². The Morgan fingerprint density at radius 3 is 2.17 bits per heavy atom. The van der Waals surface area contributed by atoms with E-state index < -0.39 is 45.9 Å². The highest BCUT2D eigenvalue weighted by Crippen LogP contribution is 2.29. The van der Waals surface area contributed by atoms with Gasteiger partial charge in [0.05, 0.1) is 0 Å². The Kier molecular flexibility index (Phi) is 5.63. The maximum Gasteiger partial charge on any atom is 0.407 e. The zero-order valence-corrected chi connectivity index (χ0v) is 13.4. The third-order valence-electron chi connectivity index (χ3n) is 3.23. The van der Waals surface area contributed by atoms with Gasteiger partial charge in [-0.15, -0.1) is 0 Å². The third kappa shape index (κ3) is 4.57. The molecule has 3 N–H and O–H groups in total. The average Bonchev–Trinajstić information content (AvgIpc) is 2.44. The van der Waals surface area contributed by atoms with Gasteiger partial charge in [0.2, 0.25) is 0 Å². The Morgan fingerprint density at radius 2 is 1.70 bits per heavy atom. The van der Waals surface area contributed by atoms with Crippen LogP contribution in [-0.4, -0.2) is 24.8 Å². The van der Waals surface area contributed by atoms with Crippen molar-refractivity contribution in [3.63, 3.8) is 0 Å². The van der Waals surface area contributed by atoms with Crippen LogP contribution >= 0.6 is 0 Å². The zero-order chi connectivity index (χ0) is 18.0. The molecule has 1 amide bonds. The molecule has 0 heterocycles. The van der Waals surface area contributed by atoms with Crippen LogP contribution in [0.1, 0.15) is 33.3 Å². The lowest BCUT2D eigenvalue weighted by Gasteiger charge is -2.30. The van der Waals surface area contributed by atoms with Gasteiger partial charge in [0.15, 0.2) is 23.3 Å². The molecule has 0 saturated carbocycles. The molecule has 1 aromatic carbocycles. The number of hydrogen-bond donors (Lipinski definition) is 2. The van der Waals surface area contributed by atoms with E-state index in [0.717, 1.165) is 0 Å². The summed E-state index contributed by atoms with van der Waals surface area (Å²) in [6.45, 7) is 5.85. The second kappa shape index (κ2) is 6.74. The molecule has 0 aliphatic rings. The van der Waals surface area contributed by atoms with Gasteiger partial charge in [0.1, 0.15) is 5.60 Å². The monoisotopic (exact) mass is 336 g/mol. The van der Waals surface area contributed by atoms with Crippen LogP contribution in [0.2, 0.25) is 0 Å². The molecule has 0 saturated heterocycles. The van der Waals surface area contributed by atoms with Crippen LogP contribution in [0.5, 0.6) is 0 Å². The minimum Gasteiger partial charge on any atom is -0.444 e. The lowest BCUT2D eigenvalue weighted by Crippen LogP contribution is -2.45. The summed E-state index contributed by atoms with van der Waals surface area (Å²) < 4.78 is 58.8. The van der Waals surface area contributed by atoms with Gasteiger partial charge >= 0.3 is 6.09 Å². The molecule has 0 aliphatic carbocycles. The van der Waals surface area contributed by atoms with E-state index >= 15 is 0 Å². The highest BCUT2D eigenvalue weighted by Gasteiger charge is 2.33. The van der Waals surface area contributed by atoms with Gasteiger partial charge in [-0.1, -0.05) is 6.92 Å². The van der Waals surface area contributed by atoms with Crippen LogP contribution in [0.15, 0.2) is 6.07 Å². The van der Waals surface area contributed by atoms with Crippen molar-refractivity contribution in [2.45, 2.75) is 38.7 Å². The number of carbonyl (C=O) groups excluding carboxylic acids is 1. The Bertz CT molecular complexity index is 602. The molecule has 8 heteroatoms. The molecule has 0 radical (unpaired) electrons. The highest BCUT2D eigenvalue weighted by molar-refractivity contribution is 5.67. The van der Waals surface area contributed by atoms with Crippen molar-refractivity contribution < 1.29 is 27.1 Å². The minimum absolute atomic E-state index is 0.246. The third-order valence-corrected chi connectivity index (χ3v) is 3.23. The zero-order valence-electron chi connectivity index (χ0n) is 13.4. The van der Waals surface area contributed by atoms with E-state index in [0.29, 0.717) is 6.07 Å². The van der Waals surface area contributed by atoms with Crippen LogP contribution in [0.25, 0.3) is 0 Å². The van der Waals surface area contributed by atoms with Gasteiger partial charge in [-0.2, -0.15) is 0 Å². The van der Waals surface area contributed by atoms with Gasteiger partial charge in [-0.3, -0.25) is 0 Å². The second-order valence-electron chi connectivity index (χ2n) is 6.47. The first-order valence-corrected chi connectivity index (χ1v) is 6.91.